The smallest absolute Gasteiger partial charge is 0.338 e. The van der Waals surface area contributed by atoms with E-state index in [9.17, 15) is 90.1 Å². The standard InChI is InChI=1S/C17H22BrFN6O5S.C17H20BrFN6O4S.2C16H21BrFN7O4S.C15H19BrFN7O4S/c1-10(2)29-31(27,28)25-6-5-11(9-25)8-20-16-15(23-30-24-16)17(22-26)21-12-3-4-14(19)13(18)7-12;18-13-7-11(1-4-14(13)19)21-17(22-26)15-16(24-29-23-15)20-8-10-5-6-25(9-10)30(27,28)12-2-3-12;1-24(2)30(27,28)25-6-5-10(9-25)8-19-15-14(22-29-23-15)16(21-26)20-11-3-4-13(18)12(17)7-11;17-12-9-11(1-2-13(12)18)21-16(22-26)14-15(24-29-23-14)20-6-3-10-4-7-25(8-5-10)30(19,27)28;16-11-7-10(1-2-12(11)17)20-15(21-25)13-14(23-28-22-13)19-8-9-3-5-24(6-4-9)29(18,26)27/h3-4,7,10-11,26H,5-6,8-9H2,1-2H3,(H,20,24)(H,21,22);1,4,7,10,12,26H,2-3,5-6,8-9H2,(H,20,24)(H,21,22);3-4,7,10,26H,5-6,8-9H2,1-2H3,(H,19,23)(H,20,21);1-2,9-10,26H,3-8H2,(H,20,24)(H,21,22)(H2,19,27,28);1-2,7,9,25H,3-6,8H2,(H,19,23)(H,20,21)(H2,18,26,27). The van der Waals surface area contributed by atoms with Crippen molar-refractivity contribution in [3.8, 4) is 0 Å². The second-order valence-corrected chi connectivity index (χ2v) is 47.6. The van der Waals surface area contributed by atoms with E-state index < -0.39 is 86.1 Å². The lowest BCUT2D eigenvalue weighted by Gasteiger charge is -2.29. The molecule has 0 spiro atoms. The fraction of sp³-hybridized carbons (Fsp3) is 0.444. The molecule has 0 amide bonds. The number of nitrogens with two attached hydrogens (primary N) is 2. The van der Waals surface area contributed by atoms with Gasteiger partial charge in [-0.15, -0.1) is 0 Å². The van der Waals surface area contributed by atoms with Gasteiger partial charge in [-0.05, 0) is 330 Å². The number of nitrogens with one attached hydrogen (secondary N) is 10. The van der Waals surface area contributed by atoms with Crippen LogP contribution in [0.5, 0.6) is 0 Å². The number of halogens is 10. The van der Waals surface area contributed by atoms with E-state index in [0.717, 1.165) is 25.7 Å². The number of piperidine rings is 2. The molecule has 10 aromatic rings. The zero-order chi connectivity index (χ0) is 109. The van der Waals surface area contributed by atoms with Gasteiger partial charge >= 0.3 is 10.3 Å². The van der Waals surface area contributed by atoms with Gasteiger partial charge in [-0.2, -0.15) is 55.2 Å². The van der Waals surface area contributed by atoms with Gasteiger partial charge in [-0.1, -0.05) is 0 Å². The summed E-state index contributed by atoms with van der Waals surface area (Å²) in [4.78, 5) is 21.0. The highest BCUT2D eigenvalue weighted by Crippen LogP contribution is 2.37. The van der Waals surface area contributed by atoms with Crippen molar-refractivity contribution in [2.45, 2.75) is 89.4 Å². The highest BCUT2D eigenvalue weighted by molar-refractivity contribution is 9.11. The number of hydrogen-bond acceptors (Lipinski definition) is 41. The van der Waals surface area contributed by atoms with Crippen LogP contribution >= 0.6 is 79.6 Å². The third-order valence-corrected chi connectivity index (χ3v) is 34.3. The Morgan fingerprint density at radius 1 is 0.380 bits per heavy atom. The summed E-state index contributed by atoms with van der Waals surface area (Å²) in [6.45, 7) is 9.51. The SMILES string of the molecule is CC(C)OS(=O)(=O)N1CCC(CNc2nonc2C(=Nc2ccc(F)c(Br)c2)NO)C1.CN(C)S(=O)(=O)N1CCC(CNc2nonc2C(=Nc2ccc(F)c(Br)c2)NO)C1.NS(=O)(=O)N1CCC(CCNc2nonc2C(=Nc2ccc(F)c(Br)c2)NO)CC1.NS(=O)(=O)N1CCC(CNc2nonc2C(=Nc2ccc(F)c(Br)c2)NO)CC1.O=S(=O)(C1CC1)N1CCC(CNc2nonc2C(=Nc2ccc(F)c(Br)c2)NO)C1. The number of aliphatic imine (C=N–C) groups is 5. The number of nitrogens with zero attached hydrogens (tertiary/aromatic N) is 21. The van der Waals surface area contributed by atoms with Crippen LogP contribution in [0.3, 0.4) is 0 Å². The van der Waals surface area contributed by atoms with Crippen molar-refractivity contribution in [1.29, 1.82) is 0 Å². The number of anilines is 5. The Morgan fingerprint density at radius 3 is 0.907 bits per heavy atom. The maximum absolute atomic E-state index is 13.4. The Balaban J connectivity index is 0.000000166. The minimum absolute atomic E-state index is 0.00520. The van der Waals surface area contributed by atoms with Gasteiger partial charge in [0.1, 0.15) is 29.1 Å². The molecule has 818 valence electrons. The van der Waals surface area contributed by atoms with Crippen molar-refractivity contribution < 1.29 is 117 Å². The van der Waals surface area contributed by atoms with Crippen LogP contribution in [0, 0.1) is 58.7 Å². The number of hydrogen-bond donors (Lipinski definition) is 17. The van der Waals surface area contributed by atoms with E-state index in [1.165, 1.54) is 127 Å². The van der Waals surface area contributed by atoms with E-state index in [1.807, 2.05) is 27.4 Å². The molecule has 5 aromatic carbocycles. The van der Waals surface area contributed by atoms with Crippen molar-refractivity contribution in [3.05, 3.63) is 171 Å². The third-order valence-electron chi connectivity index (χ3n) is 23.2. The fourth-order valence-corrected chi connectivity index (χ4v) is 22.9. The van der Waals surface area contributed by atoms with Crippen molar-refractivity contribution in [1.82, 2.24) is 105 Å². The minimum Gasteiger partial charge on any atom is -0.365 e. The lowest BCUT2D eigenvalue weighted by Crippen LogP contribution is -2.43. The number of amidine groups is 5. The van der Waals surface area contributed by atoms with Crippen LogP contribution in [0.15, 0.2) is 161 Å². The fourth-order valence-electron chi connectivity index (χ4n) is 15.2. The second-order valence-electron chi connectivity index (χ2n) is 34.3. The summed E-state index contributed by atoms with van der Waals surface area (Å²) in [5.74, 6) is -0.544. The molecule has 1 aliphatic carbocycles. The van der Waals surface area contributed by atoms with E-state index in [4.69, 9.17) is 37.6 Å². The van der Waals surface area contributed by atoms with Crippen LogP contribution in [0.25, 0.3) is 0 Å². The van der Waals surface area contributed by atoms with E-state index in [-0.39, 0.29) is 138 Å². The largest absolute Gasteiger partial charge is 0.365 e. The van der Waals surface area contributed by atoms with Gasteiger partial charge in [0, 0.05) is 112 Å². The van der Waals surface area contributed by atoms with Crippen LogP contribution in [0.2, 0.25) is 0 Å². The molecule has 6 fully saturated rings. The van der Waals surface area contributed by atoms with Crippen molar-refractivity contribution in [3.63, 3.8) is 0 Å². The predicted octanol–water partition coefficient (Wildman–Crippen LogP) is 9.36. The highest BCUT2D eigenvalue weighted by Gasteiger charge is 2.44. The first-order chi connectivity index (χ1) is 71.3. The molecule has 19 N–H and O–H groups in total. The first-order valence-corrected chi connectivity index (χ1v) is 56.5. The molecule has 5 aromatic heterocycles. The number of benzene rings is 5. The number of sulfonamides is 1. The van der Waals surface area contributed by atoms with Crippen LogP contribution in [0.4, 0.5) is 79.5 Å². The zero-order valence-electron chi connectivity index (χ0n) is 79.5. The molecule has 69 heteroatoms. The lowest BCUT2D eigenvalue weighted by molar-refractivity contribution is 0.221. The molecule has 150 heavy (non-hydrogen) atoms. The summed E-state index contributed by atoms with van der Waals surface area (Å²) in [6.07, 6.45) is 6.58. The normalized spacial score (nSPS) is 18.0. The topological polar surface area (TPSA) is 729 Å². The second kappa shape index (κ2) is 54.3. The Kier molecular flexibility index (Phi) is 42.7. The Labute approximate surface area is 896 Å². The molecule has 0 radical (unpaired) electrons. The monoisotopic (exact) mass is 2520 g/mol. The summed E-state index contributed by atoms with van der Waals surface area (Å²) in [6, 6.07) is 20.5. The summed E-state index contributed by atoms with van der Waals surface area (Å²) in [5, 5.41) is 110. The molecule has 54 nitrogen and oxygen atoms in total. The average molecular weight is 2530 g/mol. The van der Waals surface area contributed by atoms with Gasteiger partial charge in [-0.25, -0.2) is 93.1 Å². The van der Waals surface area contributed by atoms with E-state index >= 15 is 0 Å². The van der Waals surface area contributed by atoms with Crippen LogP contribution in [-0.2, 0) is 55.1 Å². The van der Waals surface area contributed by atoms with Crippen molar-refractivity contribution in [2.75, 3.05) is 139 Å². The van der Waals surface area contributed by atoms with Crippen LogP contribution in [0.1, 0.15) is 107 Å². The van der Waals surface area contributed by atoms with E-state index in [1.54, 1.807) is 18.2 Å². The van der Waals surface area contributed by atoms with Gasteiger partial charge in [0.25, 0.3) is 30.6 Å². The number of rotatable bonds is 35. The van der Waals surface area contributed by atoms with Crippen LogP contribution in [-0.4, -0.2) is 298 Å². The Bertz CT molecular complexity index is 6880. The molecule has 3 unspecified atom stereocenters. The quantitative estimate of drug-likeness (QED) is 0.00760. The predicted molar refractivity (Wildman–Crippen MR) is 548 cm³/mol. The molecule has 1 saturated carbocycles. The number of hydroxylamine groups is 5. The molecule has 0 bridgehead atoms. The van der Waals surface area contributed by atoms with E-state index in [2.05, 4.69) is 183 Å². The molecule has 6 aliphatic rings. The maximum atomic E-state index is 13.4. The molecular weight excluding hydrogens is 2430 g/mol. The molecule has 16 rings (SSSR count). The number of aromatic nitrogens is 10. The highest BCUT2D eigenvalue weighted by atomic mass is 79.9. The van der Waals surface area contributed by atoms with Crippen molar-refractivity contribution in [2.24, 2.45) is 64.8 Å². The average Bonchev–Trinajstić information content (AvgIpc) is 1.64. The summed E-state index contributed by atoms with van der Waals surface area (Å²) in [5.41, 5.74) is 12.2. The molecule has 10 heterocycles. The minimum atomic E-state index is -3.76. The Morgan fingerprint density at radius 2 is 0.633 bits per heavy atom. The van der Waals surface area contributed by atoms with E-state index in [0.29, 0.717) is 171 Å². The van der Waals surface area contributed by atoms with Crippen LogP contribution < -0.4 is 64.3 Å². The zero-order valence-corrected chi connectivity index (χ0v) is 91.5. The summed E-state index contributed by atoms with van der Waals surface area (Å²) < 4.78 is 224. The molecule has 3 atom stereocenters. The Hall–Kier alpha value is -10.6. The lowest BCUT2D eigenvalue weighted by atomic mass is 9.95. The van der Waals surface area contributed by atoms with Gasteiger partial charge in [0.2, 0.25) is 39.1 Å². The van der Waals surface area contributed by atoms with Crippen molar-refractivity contribution >= 4 is 217 Å². The maximum Gasteiger partial charge on any atom is 0.338 e. The molecule has 5 saturated heterocycles. The first-order valence-electron chi connectivity index (χ1n) is 45.3. The summed E-state index contributed by atoms with van der Waals surface area (Å²) >= 11 is 15.4. The molecular formula is C81H103Br5F5N33O21S5. The first kappa shape index (κ1) is 118. The van der Waals surface area contributed by atoms with Gasteiger partial charge < -0.3 is 26.6 Å². The third kappa shape index (κ3) is 33.2. The van der Waals surface area contributed by atoms with Gasteiger partial charge in [-0.3, -0.25) is 57.6 Å². The van der Waals surface area contributed by atoms with Gasteiger partial charge in [0.15, 0.2) is 57.6 Å². The summed E-state index contributed by atoms with van der Waals surface area (Å²) in [7, 11) is -14.7. The van der Waals surface area contributed by atoms with Gasteiger partial charge in [0.05, 0.1) is 62.2 Å². The molecule has 5 aliphatic heterocycles.